The van der Waals surface area contributed by atoms with Crippen LogP contribution in [0.15, 0.2) is 72.8 Å². The maximum atomic E-state index is 12.7. The molecule has 0 bridgehead atoms. The Hall–Kier alpha value is -3.68. The summed E-state index contributed by atoms with van der Waals surface area (Å²) in [5.74, 6) is 0.732. The number of benzene rings is 3. The van der Waals surface area contributed by atoms with Gasteiger partial charge in [0.15, 0.2) is 0 Å². The second-order valence-corrected chi connectivity index (χ2v) is 9.96. The highest BCUT2D eigenvalue weighted by Crippen LogP contribution is 2.32. The van der Waals surface area contributed by atoms with Gasteiger partial charge in [-0.2, -0.15) is 0 Å². The third-order valence-electron chi connectivity index (χ3n) is 7.07. The molecule has 0 spiro atoms. The maximum absolute atomic E-state index is 12.7. The second kappa shape index (κ2) is 15.2. The Bertz CT molecular complexity index is 1220. The average molecular weight is 545 g/mol. The fourth-order valence-corrected chi connectivity index (χ4v) is 4.87. The van der Waals surface area contributed by atoms with Crippen molar-refractivity contribution in [2.45, 2.75) is 32.7 Å². The summed E-state index contributed by atoms with van der Waals surface area (Å²) in [6, 6.07) is 24.3. The van der Waals surface area contributed by atoms with Crippen LogP contribution in [-0.4, -0.2) is 74.8 Å². The van der Waals surface area contributed by atoms with Gasteiger partial charge in [0.1, 0.15) is 5.75 Å². The predicted octanol–water partition coefficient (Wildman–Crippen LogP) is 5.22. The summed E-state index contributed by atoms with van der Waals surface area (Å²) < 4.78 is 16.4. The number of hydrogen-bond donors (Lipinski definition) is 0. The number of piperazine rings is 1. The fraction of sp³-hybridized carbons (Fsp3) is 0.394. The minimum Gasteiger partial charge on any atom is -0.493 e. The van der Waals surface area contributed by atoms with Gasteiger partial charge in [-0.3, -0.25) is 14.5 Å². The van der Waals surface area contributed by atoms with Crippen LogP contribution in [0.25, 0.3) is 11.1 Å². The van der Waals surface area contributed by atoms with Crippen molar-refractivity contribution in [3.05, 3.63) is 89.5 Å². The SMILES string of the molecule is CCOC(=O)CCc1ccc(-c2ccc(CN3CCN(C(=O)c4ccccc4)CC3)cc2)c(OCCCOC)c1. The molecule has 4 rings (SSSR count). The number of carbonyl (C=O) groups is 2. The van der Waals surface area contributed by atoms with Crippen LogP contribution in [0, 0.1) is 0 Å². The number of rotatable bonds is 13. The quantitative estimate of drug-likeness (QED) is 0.217. The van der Waals surface area contributed by atoms with Crippen LogP contribution >= 0.6 is 0 Å². The topological polar surface area (TPSA) is 68.3 Å². The highest BCUT2D eigenvalue weighted by molar-refractivity contribution is 5.94. The Morgan fingerprint density at radius 2 is 1.57 bits per heavy atom. The molecule has 212 valence electrons. The summed E-state index contributed by atoms with van der Waals surface area (Å²) in [7, 11) is 1.69. The van der Waals surface area contributed by atoms with Gasteiger partial charge >= 0.3 is 5.97 Å². The van der Waals surface area contributed by atoms with Crippen molar-refractivity contribution >= 4 is 11.9 Å². The van der Waals surface area contributed by atoms with E-state index in [0.29, 0.717) is 32.7 Å². The van der Waals surface area contributed by atoms with E-state index in [0.717, 1.165) is 67.1 Å². The molecule has 3 aromatic rings. The maximum Gasteiger partial charge on any atom is 0.306 e. The lowest BCUT2D eigenvalue weighted by Crippen LogP contribution is -2.48. The smallest absolute Gasteiger partial charge is 0.306 e. The number of amides is 1. The van der Waals surface area contributed by atoms with Crippen molar-refractivity contribution in [3.63, 3.8) is 0 Å². The van der Waals surface area contributed by atoms with Gasteiger partial charge in [-0.25, -0.2) is 0 Å². The van der Waals surface area contributed by atoms with Gasteiger partial charge in [-0.15, -0.1) is 0 Å². The van der Waals surface area contributed by atoms with E-state index >= 15 is 0 Å². The van der Waals surface area contributed by atoms with Crippen LogP contribution in [0.2, 0.25) is 0 Å². The molecule has 0 aliphatic carbocycles. The molecular formula is C33H40N2O5. The van der Waals surface area contributed by atoms with Crippen LogP contribution < -0.4 is 4.74 Å². The summed E-state index contributed by atoms with van der Waals surface area (Å²) in [6.45, 7) is 7.43. The van der Waals surface area contributed by atoms with Crippen molar-refractivity contribution in [2.75, 3.05) is 53.1 Å². The Morgan fingerprint density at radius 3 is 2.27 bits per heavy atom. The number of methoxy groups -OCH3 is 1. The summed E-state index contributed by atoms with van der Waals surface area (Å²) in [5, 5.41) is 0. The molecule has 0 N–H and O–H groups in total. The minimum atomic E-state index is -0.186. The van der Waals surface area contributed by atoms with Gasteiger partial charge < -0.3 is 19.1 Å². The molecule has 7 heteroatoms. The monoisotopic (exact) mass is 544 g/mol. The first-order chi connectivity index (χ1) is 19.6. The van der Waals surface area contributed by atoms with Crippen molar-refractivity contribution in [2.24, 2.45) is 0 Å². The van der Waals surface area contributed by atoms with Crippen molar-refractivity contribution < 1.29 is 23.8 Å². The number of ether oxygens (including phenoxy) is 3. The van der Waals surface area contributed by atoms with Gasteiger partial charge in [0.05, 0.1) is 13.2 Å². The van der Waals surface area contributed by atoms with Gasteiger partial charge in [0.25, 0.3) is 5.91 Å². The Morgan fingerprint density at radius 1 is 0.850 bits per heavy atom. The summed E-state index contributed by atoms with van der Waals surface area (Å²) in [4.78, 5) is 28.9. The average Bonchev–Trinajstić information content (AvgIpc) is 2.99. The third-order valence-corrected chi connectivity index (χ3v) is 7.07. The standard InChI is InChI=1S/C33H40N2O5/c1-3-39-32(36)17-13-26-12-16-30(31(24-26)40-23-7-22-38-2)28-14-10-27(11-15-28)25-34-18-20-35(21-19-34)33(37)29-8-5-4-6-9-29/h4-6,8-12,14-16,24H,3,7,13,17-23,25H2,1-2H3. The molecule has 40 heavy (non-hydrogen) atoms. The molecule has 1 aliphatic rings. The van der Waals surface area contributed by atoms with E-state index in [1.54, 1.807) is 7.11 Å². The van der Waals surface area contributed by atoms with E-state index in [1.807, 2.05) is 48.2 Å². The van der Waals surface area contributed by atoms with E-state index in [9.17, 15) is 9.59 Å². The molecular weight excluding hydrogens is 504 g/mol. The van der Waals surface area contributed by atoms with Crippen LogP contribution in [0.5, 0.6) is 5.75 Å². The lowest BCUT2D eigenvalue weighted by atomic mass is 9.99. The summed E-state index contributed by atoms with van der Waals surface area (Å²) in [5.41, 5.74) is 5.14. The molecule has 7 nitrogen and oxygen atoms in total. The Kier molecular flexibility index (Phi) is 11.1. The highest BCUT2D eigenvalue weighted by Gasteiger charge is 2.22. The number of hydrogen-bond acceptors (Lipinski definition) is 6. The van der Waals surface area contributed by atoms with Gasteiger partial charge in [-0.1, -0.05) is 54.6 Å². The zero-order valence-corrected chi connectivity index (χ0v) is 23.6. The minimum absolute atomic E-state index is 0.108. The molecule has 0 radical (unpaired) electrons. The van der Waals surface area contributed by atoms with Gasteiger partial charge in [-0.05, 0) is 48.2 Å². The van der Waals surface area contributed by atoms with Crippen molar-refractivity contribution in [3.8, 4) is 16.9 Å². The lowest BCUT2D eigenvalue weighted by Gasteiger charge is -2.34. The van der Waals surface area contributed by atoms with Crippen LogP contribution in [0.3, 0.4) is 0 Å². The van der Waals surface area contributed by atoms with Crippen molar-refractivity contribution in [1.82, 2.24) is 9.80 Å². The van der Waals surface area contributed by atoms with E-state index in [2.05, 4.69) is 41.3 Å². The first-order valence-corrected chi connectivity index (χ1v) is 14.1. The molecule has 0 unspecified atom stereocenters. The Labute approximate surface area is 237 Å². The molecule has 1 saturated heterocycles. The molecule has 1 heterocycles. The Balaban J connectivity index is 1.37. The first-order valence-electron chi connectivity index (χ1n) is 14.1. The molecule has 1 aliphatic heterocycles. The molecule has 0 atom stereocenters. The predicted molar refractivity (Wildman–Crippen MR) is 156 cm³/mol. The van der Waals surface area contributed by atoms with E-state index in [1.165, 1.54) is 5.56 Å². The van der Waals surface area contributed by atoms with E-state index in [4.69, 9.17) is 14.2 Å². The fourth-order valence-electron chi connectivity index (χ4n) is 4.87. The largest absolute Gasteiger partial charge is 0.493 e. The zero-order valence-electron chi connectivity index (χ0n) is 23.6. The van der Waals surface area contributed by atoms with Crippen molar-refractivity contribution in [1.29, 1.82) is 0 Å². The molecule has 3 aromatic carbocycles. The second-order valence-electron chi connectivity index (χ2n) is 9.96. The molecule has 1 amide bonds. The van der Waals surface area contributed by atoms with Crippen LogP contribution in [-0.2, 0) is 27.2 Å². The summed E-state index contributed by atoms with van der Waals surface area (Å²) in [6.07, 6.45) is 1.75. The summed E-state index contributed by atoms with van der Waals surface area (Å²) >= 11 is 0. The zero-order chi connectivity index (χ0) is 28.2. The highest BCUT2D eigenvalue weighted by atomic mass is 16.5. The van der Waals surface area contributed by atoms with Gasteiger partial charge in [0, 0.05) is 70.4 Å². The molecule has 0 saturated carbocycles. The normalized spacial score (nSPS) is 13.7. The van der Waals surface area contributed by atoms with Gasteiger partial charge in [0.2, 0.25) is 0 Å². The molecule has 0 aromatic heterocycles. The van der Waals surface area contributed by atoms with E-state index < -0.39 is 0 Å². The lowest BCUT2D eigenvalue weighted by molar-refractivity contribution is -0.143. The number of esters is 1. The number of carbonyl (C=O) groups excluding carboxylic acids is 2. The molecule has 1 fully saturated rings. The van der Waals surface area contributed by atoms with Crippen LogP contribution in [0.1, 0.15) is 41.3 Å². The van der Waals surface area contributed by atoms with E-state index in [-0.39, 0.29) is 11.9 Å². The first kappa shape index (κ1) is 29.3. The number of nitrogens with zero attached hydrogens (tertiary/aromatic N) is 2. The van der Waals surface area contributed by atoms with Crippen LogP contribution in [0.4, 0.5) is 0 Å². The number of aryl methyl sites for hydroxylation is 1. The third kappa shape index (κ3) is 8.41.